The van der Waals surface area contributed by atoms with Crippen molar-refractivity contribution < 1.29 is 0 Å². The first-order valence-electron chi connectivity index (χ1n) is 8.75. The molecule has 1 unspecified atom stereocenters. The summed E-state index contributed by atoms with van der Waals surface area (Å²) in [6, 6.07) is 0.611. The van der Waals surface area contributed by atoms with Crippen LogP contribution in [0.3, 0.4) is 0 Å². The van der Waals surface area contributed by atoms with Crippen LogP contribution in [-0.4, -0.2) is 55.1 Å². The highest BCUT2D eigenvalue weighted by Gasteiger charge is 2.20. The van der Waals surface area contributed by atoms with E-state index >= 15 is 0 Å². The van der Waals surface area contributed by atoms with Crippen molar-refractivity contribution in [2.24, 2.45) is 4.99 Å². The van der Waals surface area contributed by atoms with Crippen molar-refractivity contribution in [2.45, 2.75) is 52.5 Å². The standard InChI is InChI=1S/C17H31N5S.HI/c1-5-15(22-10-6-7-11-22)12-20-17(18-4)19-9-8-16-21-13(2)14(3)23-16;/h15H,5-12H2,1-4H3,(H2,18,19,20);1H. The van der Waals surface area contributed by atoms with Gasteiger partial charge in [0.05, 0.1) is 10.7 Å². The molecule has 2 rings (SSSR count). The molecule has 0 bridgehead atoms. The lowest BCUT2D eigenvalue weighted by molar-refractivity contribution is 0.236. The number of guanidine groups is 1. The molecule has 24 heavy (non-hydrogen) atoms. The van der Waals surface area contributed by atoms with Gasteiger partial charge >= 0.3 is 0 Å². The van der Waals surface area contributed by atoms with Crippen molar-refractivity contribution in [1.82, 2.24) is 20.5 Å². The topological polar surface area (TPSA) is 52.6 Å². The fourth-order valence-electron chi connectivity index (χ4n) is 3.01. The van der Waals surface area contributed by atoms with Gasteiger partial charge in [0, 0.05) is 37.5 Å². The highest BCUT2D eigenvalue weighted by Crippen LogP contribution is 2.16. The van der Waals surface area contributed by atoms with Crippen molar-refractivity contribution >= 4 is 41.3 Å². The fourth-order valence-corrected chi connectivity index (χ4v) is 3.94. The molecule has 1 aliphatic heterocycles. The summed E-state index contributed by atoms with van der Waals surface area (Å²) in [6.07, 6.45) is 4.82. The van der Waals surface area contributed by atoms with Gasteiger partial charge in [-0.25, -0.2) is 4.98 Å². The van der Waals surface area contributed by atoms with Crippen molar-refractivity contribution in [2.75, 3.05) is 33.2 Å². The lowest BCUT2D eigenvalue weighted by Gasteiger charge is -2.27. The number of hydrogen-bond acceptors (Lipinski definition) is 4. The van der Waals surface area contributed by atoms with Crippen molar-refractivity contribution in [3.63, 3.8) is 0 Å². The third-order valence-corrected chi connectivity index (χ3v) is 5.69. The van der Waals surface area contributed by atoms with Crippen molar-refractivity contribution in [3.8, 4) is 0 Å². The molecule has 0 radical (unpaired) electrons. The van der Waals surface area contributed by atoms with E-state index in [1.54, 1.807) is 11.3 Å². The molecule has 0 aromatic carbocycles. The lowest BCUT2D eigenvalue weighted by atomic mass is 10.2. The molecule has 0 saturated carbocycles. The summed E-state index contributed by atoms with van der Waals surface area (Å²) in [6.45, 7) is 10.8. The number of aliphatic imine (C=N–C) groups is 1. The van der Waals surface area contributed by atoms with Crippen LogP contribution in [-0.2, 0) is 6.42 Å². The molecule has 2 heterocycles. The first kappa shape index (κ1) is 21.6. The second-order valence-electron chi connectivity index (χ2n) is 6.18. The van der Waals surface area contributed by atoms with E-state index in [-0.39, 0.29) is 24.0 Å². The second-order valence-corrected chi connectivity index (χ2v) is 7.47. The predicted octanol–water partition coefficient (Wildman–Crippen LogP) is 2.96. The third-order valence-electron chi connectivity index (χ3n) is 4.56. The Hall–Kier alpha value is -0.410. The number of nitrogens with one attached hydrogen (secondary N) is 2. The Morgan fingerprint density at radius 1 is 1.29 bits per heavy atom. The maximum absolute atomic E-state index is 4.58. The zero-order valence-electron chi connectivity index (χ0n) is 15.4. The van der Waals surface area contributed by atoms with E-state index in [2.05, 4.69) is 46.3 Å². The van der Waals surface area contributed by atoms with E-state index in [0.717, 1.165) is 31.2 Å². The predicted molar refractivity (Wildman–Crippen MR) is 115 cm³/mol. The minimum absolute atomic E-state index is 0. The Kier molecular flexibility index (Phi) is 10.1. The number of likely N-dealkylation sites (tertiary alicyclic amines) is 1. The Balaban J connectivity index is 0.00000288. The average molecular weight is 465 g/mol. The molecule has 7 heteroatoms. The van der Waals surface area contributed by atoms with E-state index in [9.17, 15) is 0 Å². The molecular weight excluding hydrogens is 433 g/mol. The molecule has 1 aromatic rings. The fraction of sp³-hybridized carbons (Fsp3) is 0.765. The van der Waals surface area contributed by atoms with Crippen LogP contribution in [0.2, 0.25) is 0 Å². The van der Waals surface area contributed by atoms with Gasteiger partial charge in [0.15, 0.2) is 5.96 Å². The molecular formula is C17H32IN5S. The minimum atomic E-state index is 0. The smallest absolute Gasteiger partial charge is 0.191 e. The van der Waals surface area contributed by atoms with E-state index in [4.69, 9.17) is 0 Å². The number of aromatic nitrogens is 1. The Morgan fingerprint density at radius 3 is 2.54 bits per heavy atom. The van der Waals surface area contributed by atoms with Crippen LogP contribution in [0.5, 0.6) is 0 Å². The normalized spacial score (nSPS) is 16.8. The minimum Gasteiger partial charge on any atom is -0.356 e. The van der Waals surface area contributed by atoms with Crippen LogP contribution in [0.1, 0.15) is 41.8 Å². The largest absolute Gasteiger partial charge is 0.356 e. The molecule has 1 saturated heterocycles. The van der Waals surface area contributed by atoms with Gasteiger partial charge in [-0.15, -0.1) is 35.3 Å². The zero-order chi connectivity index (χ0) is 16.7. The molecule has 0 aliphatic carbocycles. The highest BCUT2D eigenvalue weighted by atomic mass is 127. The van der Waals surface area contributed by atoms with Gasteiger partial charge in [-0.05, 0) is 46.2 Å². The number of hydrogen-bond donors (Lipinski definition) is 2. The number of thiazole rings is 1. The number of aryl methyl sites for hydroxylation is 2. The molecule has 1 aromatic heterocycles. The SMILES string of the molecule is CCC(CNC(=NC)NCCc1nc(C)c(C)s1)N1CCCC1.I. The van der Waals surface area contributed by atoms with Crippen LogP contribution in [0, 0.1) is 13.8 Å². The molecule has 1 aliphatic rings. The first-order chi connectivity index (χ1) is 11.1. The van der Waals surface area contributed by atoms with E-state index < -0.39 is 0 Å². The Morgan fingerprint density at radius 2 is 2.00 bits per heavy atom. The van der Waals surface area contributed by atoms with Crippen LogP contribution in [0.25, 0.3) is 0 Å². The van der Waals surface area contributed by atoms with Gasteiger partial charge in [-0.2, -0.15) is 0 Å². The van der Waals surface area contributed by atoms with Crippen LogP contribution in [0.4, 0.5) is 0 Å². The lowest BCUT2D eigenvalue weighted by Crippen LogP contribution is -2.46. The molecule has 0 amide bonds. The van der Waals surface area contributed by atoms with Gasteiger partial charge in [-0.1, -0.05) is 6.92 Å². The summed E-state index contributed by atoms with van der Waals surface area (Å²) in [4.78, 5) is 12.8. The molecule has 0 spiro atoms. The molecule has 5 nitrogen and oxygen atoms in total. The monoisotopic (exact) mass is 465 g/mol. The highest BCUT2D eigenvalue weighted by molar-refractivity contribution is 14.0. The van der Waals surface area contributed by atoms with Gasteiger partial charge in [-0.3, -0.25) is 9.89 Å². The quantitative estimate of drug-likeness (QED) is 0.370. The second kappa shape index (κ2) is 11.3. The zero-order valence-corrected chi connectivity index (χ0v) is 18.5. The summed E-state index contributed by atoms with van der Waals surface area (Å²) < 4.78 is 0. The molecule has 1 atom stereocenters. The number of rotatable bonds is 7. The average Bonchev–Trinajstić information content (AvgIpc) is 3.17. The third kappa shape index (κ3) is 6.48. The van der Waals surface area contributed by atoms with E-state index in [1.807, 2.05) is 7.05 Å². The Bertz CT molecular complexity index is 492. The van der Waals surface area contributed by atoms with Gasteiger partial charge in [0.25, 0.3) is 0 Å². The summed E-state index contributed by atoms with van der Waals surface area (Å²) >= 11 is 1.79. The first-order valence-corrected chi connectivity index (χ1v) is 9.57. The number of halogens is 1. The van der Waals surface area contributed by atoms with Crippen LogP contribution < -0.4 is 10.6 Å². The maximum Gasteiger partial charge on any atom is 0.191 e. The summed E-state index contributed by atoms with van der Waals surface area (Å²) in [5.41, 5.74) is 1.16. The summed E-state index contributed by atoms with van der Waals surface area (Å²) in [5.74, 6) is 0.896. The van der Waals surface area contributed by atoms with E-state index in [1.165, 1.54) is 42.2 Å². The Labute approximate surface area is 167 Å². The van der Waals surface area contributed by atoms with Crippen LogP contribution in [0.15, 0.2) is 4.99 Å². The summed E-state index contributed by atoms with van der Waals surface area (Å²) in [5, 5.41) is 8.08. The van der Waals surface area contributed by atoms with Crippen molar-refractivity contribution in [1.29, 1.82) is 0 Å². The number of nitrogens with zero attached hydrogens (tertiary/aromatic N) is 3. The van der Waals surface area contributed by atoms with Gasteiger partial charge < -0.3 is 10.6 Å². The maximum atomic E-state index is 4.58. The van der Waals surface area contributed by atoms with E-state index in [0.29, 0.717) is 6.04 Å². The summed E-state index contributed by atoms with van der Waals surface area (Å²) in [7, 11) is 1.84. The molecule has 2 N–H and O–H groups in total. The molecule has 138 valence electrons. The van der Waals surface area contributed by atoms with Crippen molar-refractivity contribution in [3.05, 3.63) is 15.6 Å². The van der Waals surface area contributed by atoms with Crippen LogP contribution >= 0.6 is 35.3 Å². The van der Waals surface area contributed by atoms with Gasteiger partial charge in [0.2, 0.25) is 0 Å². The molecule has 1 fully saturated rings. The van der Waals surface area contributed by atoms with Gasteiger partial charge in [0.1, 0.15) is 0 Å².